The van der Waals surface area contributed by atoms with Crippen molar-refractivity contribution in [2.24, 2.45) is 0 Å². The second kappa shape index (κ2) is 6.13. The van der Waals surface area contributed by atoms with Crippen molar-refractivity contribution in [3.05, 3.63) is 35.2 Å². The summed E-state index contributed by atoms with van der Waals surface area (Å²) in [4.78, 5) is 19.3. The first-order valence-corrected chi connectivity index (χ1v) is 6.35. The third-order valence-electron chi connectivity index (χ3n) is 2.78. The van der Waals surface area contributed by atoms with Crippen molar-refractivity contribution >= 4 is 28.5 Å². The molecule has 0 spiro atoms. The lowest BCUT2D eigenvalue weighted by Crippen LogP contribution is -2.29. The molecule has 2 unspecified atom stereocenters. The molecule has 2 aromatic rings. The molecule has 0 saturated carbocycles. The molecule has 1 aromatic heterocycles. The van der Waals surface area contributed by atoms with Gasteiger partial charge in [-0.05, 0) is 24.6 Å². The molecular formula is C13H13ClN2O4. The van der Waals surface area contributed by atoms with Crippen LogP contribution in [0.2, 0.25) is 5.15 Å². The summed E-state index contributed by atoms with van der Waals surface area (Å²) in [5.41, 5.74) is 0.932. The van der Waals surface area contributed by atoms with Crippen LogP contribution in [0.15, 0.2) is 24.5 Å². The van der Waals surface area contributed by atoms with Crippen LogP contribution in [0.3, 0.4) is 0 Å². The van der Waals surface area contributed by atoms with Crippen molar-refractivity contribution in [3.8, 4) is 0 Å². The zero-order chi connectivity index (χ0) is 14.7. The number of hydrogen-bond donors (Lipinski definition) is 2. The van der Waals surface area contributed by atoms with Crippen LogP contribution in [0, 0.1) is 0 Å². The molecule has 106 valence electrons. The van der Waals surface area contributed by atoms with Gasteiger partial charge in [0.05, 0.1) is 12.1 Å². The maximum atomic E-state index is 11.4. The normalized spacial score (nSPS) is 14.0. The van der Waals surface area contributed by atoms with Gasteiger partial charge in [0.15, 0.2) is 6.10 Å². The van der Waals surface area contributed by atoms with E-state index in [0.29, 0.717) is 16.5 Å². The summed E-state index contributed by atoms with van der Waals surface area (Å²) in [6.45, 7) is 1.74. The Balaban J connectivity index is 2.33. The monoisotopic (exact) mass is 296 g/mol. The fourth-order valence-electron chi connectivity index (χ4n) is 1.77. The van der Waals surface area contributed by atoms with E-state index in [-0.39, 0.29) is 11.8 Å². The minimum atomic E-state index is -1.66. The Morgan fingerprint density at radius 3 is 2.85 bits per heavy atom. The number of esters is 1. The summed E-state index contributed by atoms with van der Waals surface area (Å²) >= 11 is 5.94. The molecule has 0 aliphatic heterocycles. The zero-order valence-electron chi connectivity index (χ0n) is 10.7. The number of carbonyl (C=O) groups is 1. The number of nitrogens with zero attached hydrogens (tertiary/aromatic N) is 2. The number of aliphatic hydroxyl groups is 2. The quantitative estimate of drug-likeness (QED) is 0.651. The Morgan fingerprint density at radius 2 is 2.15 bits per heavy atom. The standard InChI is InChI=1S/C13H13ClN2O4/c1-2-20-13(19)11(18)10(17)7-3-4-9-8(5-7)12(14)16-6-15-9/h3-6,10-11,17-18H,2H2,1H3. The van der Waals surface area contributed by atoms with Crippen LogP contribution in [0.5, 0.6) is 0 Å². The first-order chi connectivity index (χ1) is 9.54. The molecule has 0 fully saturated rings. The third kappa shape index (κ3) is 2.87. The van der Waals surface area contributed by atoms with E-state index in [0.717, 1.165) is 0 Å². The lowest BCUT2D eigenvalue weighted by Gasteiger charge is -2.17. The maximum Gasteiger partial charge on any atom is 0.338 e. The van der Waals surface area contributed by atoms with Crippen molar-refractivity contribution in [1.82, 2.24) is 9.97 Å². The lowest BCUT2D eigenvalue weighted by molar-refractivity contribution is -0.159. The van der Waals surface area contributed by atoms with Crippen molar-refractivity contribution in [2.45, 2.75) is 19.1 Å². The number of hydrogen-bond acceptors (Lipinski definition) is 6. The molecule has 1 heterocycles. The Labute approximate surface area is 120 Å². The Morgan fingerprint density at radius 1 is 1.40 bits per heavy atom. The second-order valence-corrected chi connectivity index (χ2v) is 4.44. The predicted octanol–water partition coefficient (Wildman–Crippen LogP) is 1.24. The molecule has 0 amide bonds. The van der Waals surface area contributed by atoms with Crippen LogP contribution in [-0.4, -0.2) is 38.9 Å². The Bertz CT molecular complexity index is 635. The average molecular weight is 297 g/mol. The van der Waals surface area contributed by atoms with Gasteiger partial charge in [0.2, 0.25) is 0 Å². The SMILES string of the molecule is CCOC(=O)C(O)C(O)c1ccc2ncnc(Cl)c2c1. The van der Waals surface area contributed by atoms with E-state index in [1.807, 2.05) is 0 Å². The van der Waals surface area contributed by atoms with E-state index >= 15 is 0 Å². The molecule has 20 heavy (non-hydrogen) atoms. The minimum Gasteiger partial charge on any atom is -0.464 e. The van der Waals surface area contributed by atoms with E-state index in [2.05, 4.69) is 14.7 Å². The minimum absolute atomic E-state index is 0.125. The van der Waals surface area contributed by atoms with Gasteiger partial charge in [0, 0.05) is 5.39 Å². The number of aliphatic hydroxyl groups excluding tert-OH is 2. The molecule has 6 nitrogen and oxygen atoms in total. The lowest BCUT2D eigenvalue weighted by atomic mass is 10.0. The first-order valence-electron chi connectivity index (χ1n) is 5.97. The number of carbonyl (C=O) groups excluding carboxylic acids is 1. The molecule has 2 rings (SSSR count). The summed E-state index contributed by atoms with van der Waals surface area (Å²) in [6.07, 6.45) is -1.74. The van der Waals surface area contributed by atoms with Gasteiger partial charge in [-0.3, -0.25) is 0 Å². The van der Waals surface area contributed by atoms with Gasteiger partial charge in [0.1, 0.15) is 17.6 Å². The van der Waals surface area contributed by atoms with E-state index in [4.69, 9.17) is 11.6 Å². The van der Waals surface area contributed by atoms with E-state index in [1.165, 1.54) is 12.4 Å². The molecule has 0 saturated heterocycles. The molecule has 0 aliphatic carbocycles. The van der Waals surface area contributed by atoms with E-state index in [9.17, 15) is 15.0 Å². The number of halogens is 1. The van der Waals surface area contributed by atoms with E-state index in [1.54, 1.807) is 19.1 Å². The molecule has 1 aromatic carbocycles. The fourth-order valence-corrected chi connectivity index (χ4v) is 1.96. The van der Waals surface area contributed by atoms with Crippen molar-refractivity contribution in [3.63, 3.8) is 0 Å². The third-order valence-corrected chi connectivity index (χ3v) is 3.08. The number of benzene rings is 1. The second-order valence-electron chi connectivity index (χ2n) is 4.08. The molecule has 0 bridgehead atoms. The predicted molar refractivity (Wildman–Crippen MR) is 72.1 cm³/mol. The molecule has 2 N–H and O–H groups in total. The summed E-state index contributed by atoms with van der Waals surface area (Å²) in [5, 5.41) is 20.5. The van der Waals surface area contributed by atoms with Gasteiger partial charge < -0.3 is 14.9 Å². The molecule has 0 radical (unpaired) electrons. The summed E-state index contributed by atoms with van der Waals surface area (Å²) in [7, 11) is 0. The maximum absolute atomic E-state index is 11.4. The van der Waals surface area contributed by atoms with Crippen LogP contribution in [0.1, 0.15) is 18.6 Å². The fraction of sp³-hybridized carbons (Fsp3) is 0.308. The van der Waals surface area contributed by atoms with Crippen molar-refractivity contribution in [1.29, 1.82) is 0 Å². The highest BCUT2D eigenvalue weighted by molar-refractivity contribution is 6.34. The molecule has 2 atom stereocenters. The average Bonchev–Trinajstić information content (AvgIpc) is 2.46. The number of fused-ring (bicyclic) bond motifs is 1. The summed E-state index contributed by atoms with van der Waals surface area (Å²) in [6, 6.07) is 4.71. The first kappa shape index (κ1) is 14.6. The topological polar surface area (TPSA) is 92.5 Å². The van der Waals surface area contributed by atoms with Crippen LogP contribution in [-0.2, 0) is 9.53 Å². The largest absolute Gasteiger partial charge is 0.464 e. The van der Waals surface area contributed by atoms with Crippen molar-refractivity contribution in [2.75, 3.05) is 6.61 Å². The number of aromatic nitrogens is 2. The molecule has 7 heteroatoms. The van der Waals surface area contributed by atoms with Gasteiger partial charge in [0.25, 0.3) is 0 Å². The smallest absolute Gasteiger partial charge is 0.338 e. The van der Waals surface area contributed by atoms with Crippen LogP contribution in [0.4, 0.5) is 0 Å². The van der Waals surface area contributed by atoms with Gasteiger partial charge in [-0.2, -0.15) is 0 Å². The van der Waals surface area contributed by atoms with Gasteiger partial charge >= 0.3 is 5.97 Å². The highest BCUT2D eigenvalue weighted by Gasteiger charge is 2.27. The van der Waals surface area contributed by atoms with Gasteiger partial charge in [-0.15, -0.1) is 0 Å². The Kier molecular flexibility index (Phi) is 4.49. The van der Waals surface area contributed by atoms with Crippen LogP contribution in [0.25, 0.3) is 10.9 Å². The summed E-state index contributed by atoms with van der Waals surface area (Å²) < 4.78 is 4.66. The van der Waals surface area contributed by atoms with Crippen molar-refractivity contribution < 1.29 is 19.7 Å². The van der Waals surface area contributed by atoms with Crippen LogP contribution < -0.4 is 0 Å². The summed E-state index contributed by atoms with van der Waals surface area (Å²) in [5.74, 6) is -0.879. The number of rotatable bonds is 4. The molecular weight excluding hydrogens is 284 g/mol. The van der Waals surface area contributed by atoms with E-state index < -0.39 is 18.2 Å². The Hall–Kier alpha value is -1.76. The van der Waals surface area contributed by atoms with Gasteiger partial charge in [-0.25, -0.2) is 14.8 Å². The number of ether oxygens (including phenoxy) is 1. The molecule has 0 aliphatic rings. The zero-order valence-corrected chi connectivity index (χ0v) is 11.4. The highest BCUT2D eigenvalue weighted by atomic mass is 35.5. The van der Waals surface area contributed by atoms with Crippen LogP contribution >= 0.6 is 11.6 Å². The highest BCUT2D eigenvalue weighted by Crippen LogP contribution is 2.25. The van der Waals surface area contributed by atoms with Gasteiger partial charge in [-0.1, -0.05) is 17.7 Å².